The fourth-order valence-corrected chi connectivity index (χ4v) is 5.19. The molecule has 4 rings (SSSR count). The molecule has 0 saturated heterocycles. The van der Waals surface area contributed by atoms with Crippen LogP contribution in [-0.2, 0) is 29.0 Å². The Morgan fingerprint density at radius 1 is 1.20 bits per heavy atom. The van der Waals surface area contributed by atoms with Crippen molar-refractivity contribution in [3.63, 3.8) is 0 Å². The van der Waals surface area contributed by atoms with Crippen molar-refractivity contribution in [3.05, 3.63) is 52.5 Å². The van der Waals surface area contributed by atoms with E-state index in [0.717, 1.165) is 36.1 Å². The molecule has 11 heteroatoms. The molecule has 1 aliphatic rings. The van der Waals surface area contributed by atoms with Crippen LogP contribution in [0, 0.1) is 0 Å². The maximum atomic E-state index is 13.5. The number of rotatable bonds is 4. The van der Waals surface area contributed by atoms with Gasteiger partial charge in [0.15, 0.2) is 9.84 Å². The van der Waals surface area contributed by atoms with E-state index in [4.69, 9.17) is 0 Å². The quantitative estimate of drug-likeness (QED) is 0.620. The molecule has 2 N–H and O–H groups in total. The van der Waals surface area contributed by atoms with Gasteiger partial charge in [0.05, 0.1) is 15.5 Å². The van der Waals surface area contributed by atoms with Gasteiger partial charge in [0.1, 0.15) is 5.56 Å². The number of thiophene rings is 1. The topological polar surface area (TPSA) is 84.0 Å². The van der Waals surface area contributed by atoms with Gasteiger partial charge in [-0.2, -0.15) is 13.2 Å². The predicted octanol–water partition coefficient (Wildman–Crippen LogP) is 4.02. The van der Waals surface area contributed by atoms with Crippen LogP contribution in [-0.4, -0.2) is 31.2 Å². The number of sulfone groups is 1. The van der Waals surface area contributed by atoms with Crippen LogP contribution in [0.1, 0.15) is 16.7 Å². The molecule has 0 aliphatic carbocycles. The number of halogens is 3. The summed E-state index contributed by atoms with van der Waals surface area (Å²) in [6, 6.07) is 6.92. The summed E-state index contributed by atoms with van der Waals surface area (Å²) in [5, 5.41) is 7.52. The van der Waals surface area contributed by atoms with Gasteiger partial charge in [-0.1, -0.05) is 6.07 Å². The second kappa shape index (κ2) is 7.64. The van der Waals surface area contributed by atoms with E-state index in [1.165, 1.54) is 17.0 Å². The Morgan fingerprint density at radius 2 is 2.00 bits per heavy atom. The smallest absolute Gasteiger partial charge is 0.324 e. The molecule has 3 aromatic rings. The van der Waals surface area contributed by atoms with Crippen molar-refractivity contribution in [2.75, 3.05) is 18.1 Å². The molecule has 1 aromatic carbocycles. The van der Waals surface area contributed by atoms with Gasteiger partial charge in [-0.25, -0.2) is 18.4 Å². The molecule has 6 nitrogen and oxygen atoms in total. The van der Waals surface area contributed by atoms with Crippen LogP contribution in [0.5, 0.6) is 0 Å². The molecule has 0 radical (unpaired) electrons. The molecule has 3 heterocycles. The van der Waals surface area contributed by atoms with E-state index in [1.54, 1.807) is 0 Å². The Hall–Kier alpha value is -2.50. The number of alkyl halides is 3. The van der Waals surface area contributed by atoms with Gasteiger partial charge in [0, 0.05) is 30.1 Å². The van der Waals surface area contributed by atoms with Gasteiger partial charge < -0.3 is 10.6 Å². The van der Waals surface area contributed by atoms with Crippen LogP contribution < -0.4 is 10.6 Å². The number of nitrogens with zero attached hydrogens (tertiary/aromatic N) is 2. The third-order valence-corrected chi connectivity index (χ3v) is 6.86. The minimum absolute atomic E-state index is 0.00368. The fourth-order valence-electron chi connectivity index (χ4n) is 3.16. The number of nitrogens with one attached hydrogen (secondary N) is 2. The summed E-state index contributed by atoms with van der Waals surface area (Å²) in [6.45, 7) is 1.62. The summed E-state index contributed by atoms with van der Waals surface area (Å²) in [7, 11) is -3.54. The van der Waals surface area contributed by atoms with Crippen molar-refractivity contribution in [3.8, 4) is 10.6 Å². The highest BCUT2D eigenvalue weighted by molar-refractivity contribution is 7.90. The largest absolute Gasteiger partial charge is 0.420 e. The Morgan fingerprint density at radius 3 is 2.70 bits per heavy atom. The van der Waals surface area contributed by atoms with Crippen LogP contribution in [0.3, 0.4) is 0 Å². The lowest BCUT2D eigenvalue weighted by atomic mass is 10.0. The zero-order valence-electron chi connectivity index (χ0n) is 15.7. The Bertz CT molecular complexity index is 1210. The lowest BCUT2D eigenvalue weighted by Gasteiger charge is -2.18. The standard InChI is InChI=1S/C19H17F3N4O2S2/c1-30(27,28)14-7-16(29-10-14)17-15(19(20,21)22)9-24-18(26-17)25-13-3-2-11-4-5-23-8-12(11)6-13/h2-3,6-7,9-10,23H,4-5,8H2,1H3,(H,24,25,26). The van der Waals surface area contributed by atoms with E-state index in [1.807, 2.05) is 18.2 Å². The zero-order valence-corrected chi connectivity index (χ0v) is 17.4. The predicted molar refractivity (Wildman–Crippen MR) is 109 cm³/mol. The molecule has 158 valence electrons. The van der Waals surface area contributed by atoms with Crippen molar-refractivity contribution in [2.45, 2.75) is 24.0 Å². The van der Waals surface area contributed by atoms with E-state index in [9.17, 15) is 21.6 Å². The highest BCUT2D eigenvalue weighted by Gasteiger charge is 2.36. The van der Waals surface area contributed by atoms with E-state index in [0.29, 0.717) is 18.4 Å². The number of fused-ring (bicyclic) bond motifs is 1. The second-order valence-electron chi connectivity index (χ2n) is 6.91. The third-order valence-electron chi connectivity index (χ3n) is 4.68. The zero-order chi connectivity index (χ0) is 21.5. The minimum atomic E-state index is -4.68. The highest BCUT2D eigenvalue weighted by atomic mass is 32.2. The molecule has 0 amide bonds. The van der Waals surface area contributed by atoms with Gasteiger partial charge in [-0.3, -0.25) is 0 Å². The third kappa shape index (κ3) is 4.32. The Balaban J connectivity index is 1.72. The molecule has 0 atom stereocenters. The van der Waals surface area contributed by atoms with Crippen molar-refractivity contribution in [1.82, 2.24) is 15.3 Å². The average molecular weight is 454 g/mol. The summed E-state index contributed by atoms with van der Waals surface area (Å²) in [5.41, 5.74) is 1.60. The maximum Gasteiger partial charge on any atom is 0.420 e. The van der Waals surface area contributed by atoms with Crippen LogP contribution in [0.4, 0.5) is 24.8 Å². The Kier molecular flexibility index (Phi) is 5.28. The first-order valence-corrected chi connectivity index (χ1v) is 11.7. The second-order valence-corrected chi connectivity index (χ2v) is 9.83. The molecule has 0 saturated carbocycles. The van der Waals surface area contributed by atoms with Crippen molar-refractivity contribution in [1.29, 1.82) is 0 Å². The summed E-state index contributed by atoms with van der Waals surface area (Å²) in [5.74, 6) is -0.00368. The normalized spacial score (nSPS) is 14.4. The fraction of sp³-hybridized carbons (Fsp3) is 0.263. The molecular formula is C19H17F3N4O2S2. The molecular weight excluding hydrogens is 437 g/mol. The van der Waals surface area contributed by atoms with Crippen molar-refractivity contribution >= 4 is 32.8 Å². The highest BCUT2D eigenvalue weighted by Crippen LogP contribution is 2.39. The Labute approximate surface area is 175 Å². The van der Waals surface area contributed by atoms with E-state index < -0.39 is 21.6 Å². The number of benzene rings is 1. The minimum Gasteiger partial charge on any atom is -0.324 e. The van der Waals surface area contributed by atoms with Crippen LogP contribution in [0.15, 0.2) is 40.7 Å². The van der Waals surface area contributed by atoms with Gasteiger partial charge in [0.25, 0.3) is 0 Å². The first kappa shape index (κ1) is 20.8. The lowest BCUT2D eigenvalue weighted by molar-refractivity contribution is -0.137. The summed E-state index contributed by atoms with van der Waals surface area (Å²) < 4.78 is 63.9. The molecule has 1 aliphatic heterocycles. The molecule has 0 fully saturated rings. The average Bonchev–Trinajstić information content (AvgIpc) is 3.18. The molecule has 30 heavy (non-hydrogen) atoms. The number of hydrogen-bond donors (Lipinski definition) is 2. The van der Waals surface area contributed by atoms with E-state index in [2.05, 4.69) is 20.6 Å². The van der Waals surface area contributed by atoms with Gasteiger partial charge in [0.2, 0.25) is 5.95 Å². The van der Waals surface area contributed by atoms with E-state index >= 15 is 0 Å². The molecule has 0 bridgehead atoms. The number of hydrogen-bond acceptors (Lipinski definition) is 7. The number of anilines is 2. The van der Waals surface area contributed by atoms with Crippen molar-refractivity contribution < 1.29 is 21.6 Å². The summed E-state index contributed by atoms with van der Waals surface area (Å²) in [6.07, 6.45) is -2.05. The van der Waals surface area contributed by atoms with Crippen LogP contribution in [0.25, 0.3) is 10.6 Å². The first-order valence-electron chi connectivity index (χ1n) is 8.94. The van der Waals surface area contributed by atoms with Gasteiger partial charge in [-0.15, -0.1) is 11.3 Å². The van der Waals surface area contributed by atoms with Crippen LogP contribution >= 0.6 is 11.3 Å². The van der Waals surface area contributed by atoms with Crippen molar-refractivity contribution in [2.24, 2.45) is 0 Å². The molecule has 0 unspecified atom stereocenters. The summed E-state index contributed by atoms with van der Waals surface area (Å²) in [4.78, 5) is 7.94. The molecule has 0 spiro atoms. The van der Waals surface area contributed by atoms with Gasteiger partial charge in [-0.05, 0) is 42.3 Å². The SMILES string of the molecule is CS(=O)(=O)c1csc(-c2nc(Nc3ccc4c(c3)CNCC4)ncc2C(F)(F)F)c1. The summed E-state index contributed by atoms with van der Waals surface area (Å²) >= 11 is 0.888. The first-order chi connectivity index (χ1) is 14.1. The van der Waals surface area contributed by atoms with E-state index in [-0.39, 0.29) is 21.4 Å². The maximum absolute atomic E-state index is 13.5. The lowest BCUT2D eigenvalue weighted by Crippen LogP contribution is -2.23. The number of aromatic nitrogens is 2. The van der Waals surface area contributed by atoms with Crippen LogP contribution in [0.2, 0.25) is 0 Å². The monoisotopic (exact) mass is 454 g/mol. The van der Waals surface area contributed by atoms with Gasteiger partial charge >= 0.3 is 6.18 Å². The molecule has 2 aromatic heterocycles.